The molecule has 0 radical (unpaired) electrons. The van der Waals surface area contributed by atoms with Gasteiger partial charge < -0.3 is 5.32 Å². The van der Waals surface area contributed by atoms with Crippen LogP contribution in [0, 0.1) is 0 Å². The first-order valence-corrected chi connectivity index (χ1v) is 4.78. The lowest BCUT2D eigenvalue weighted by Crippen LogP contribution is -2.65. The van der Waals surface area contributed by atoms with Gasteiger partial charge in [-0.2, -0.15) is 0 Å². The molecule has 0 saturated carbocycles. The summed E-state index contributed by atoms with van der Waals surface area (Å²) in [5.74, 6) is 0.134. The molecule has 0 aromatic heterocycles. The molecule has 1 amide bonds. The van der Waals surface area contributed by atoms with Crippen molar-refractivity contribution in [3.63, 3.8) is 0 Å². The zero-order chi connectivity index (χ0) is 10.3. The molecule has 1 fully saturated rings. The van der Waals surface area contributed by atoms with Gasteiger partial charge in [-0.15, -0.1) is 0 Å². The molecule has 1 rings (SSSR count). The molecule has 0 aromatic rings. The average molecular weight is 184 g/mol. The van der Waals surface area contributed by atoms with E-state index in [1.54, 1.807) is 0 Å². The van der Waals surface area contributed by atoms with Gasteiger partial charge in [-0.3, -0.25) is 9.69 Å². The Bertz CT molecular complexity index is 215. The fraction of sp³-hybridized carbons (Fsp3) is 0.900. The van der Waals surface area contributed by atoms with Crippen LogP contribution in [0.15, 0.2) is 0 Å². The molecular formula is C10H20N2O. The van der Waals surface area contributed by atoms with Gasteiger partial charge in [0.15, 0.2) is 0 Å². The van der Waals surface area contributed by atoms with Crippen LogP contribution >= 0.6 is 0 Å². The van der Waals surface area contributed by atoms with Gasteiger partial charge in [-0.05, 0) is 34.6 Å². The van der Waals surface area contributed by atoms with Crippen molar-refractivity contribution in [1.82, 2.24) is 10.2 Å². The Morgan fingerprint density at radius 3 is 2.31 bits per heavy atom. The fourth-order valence-corrected chi connectivity index (χ4v) is 1.97. The van der Waals surface area contributed by atoms with E-state index in [-0.39, 0.29) is 17.0 Å². The molecule has 0 spiro atoms. The Kier molecular flexibility index (Phi) is 2.41. The summed E-state index contributed by atoms with van der Waals surface area (Å²) in [4.78, 5) is 13.5. The van der Waals surface area contributed by atoms with Crippen LogP contribution in [0.2, 0.25) is 0 Å². The third-order valence-corrected chi connectivity index (χ3v) is 2.56. The number of nitrogens with zero attached hydrogens (tertiary/aromatic N) is 1. The Balaban J connectivity index is 2.84. The fourth-order valence-electron chi connectivity index (χ4n) is 1.97. The van der Waals surface area contributed by atoms with Crippen LogP contribution in [-0.2, 0) is 4.79 Å². The molecule has 3 nitrogen and oxygen atoms in total. The summed E-state index contributed by atoms with van der Waals surface area (Å²) in [6.45, 7) is 12.0. The molecule has 1 N–H and O–H groups in total. The van der Waals surface area contributed by atoms with E-state index < -0.39 is 0 Å². The highest BCUT2D eigenvalue weighted by Gasteiger charge is 2.39. The summed E-state index contributed by atoms with van der Waals surface area (Å²) in [5, 5.41) is 2.89. The summed E-state index contributed by atoms with van der Waals surface area (Å²) in [6, 6.07) is 0. The lowest BCUT2D eigenvalue weighted by molar-refractivity contribution is -0.131. The van der Waals surface area contributed by atoms with Crippen molar-refractivity contribution >= 4 is 5.91 Å². The van der Waals surface area contributed by atoms with Crippen molar-refractivity contribution in [2.45, 2.75) is 45.7 Å². The smallest absolute Gasteiger partial charge is 0.234 e. The van der Waals surface area contributed by atoms with Gasteiger partial charge >= 0.3 is 0 Å². The van der Waals surface area contributed by atoms with Crippen LogP contribution < -0.4 is 5.32 Å². The van der Waals surface area contributed by atoms with Crippen molar-refractivity contribution in [1.29, 1.82) is 0 Å². The summed E-state index contributed by atoms with van der Waals surface area (Å²) in [6.07, 6.45) is 0. The maximum atomic E-state index is 11.3. The van der Waals surface area contributed by atoms with Crippen molar-refractivity contribution in [3.8, 4) is 0 Å². The number of piperazine rings is 1. The second kappa shape index (κ2) is 2.98. The van der Waals surface area contributed by atoms with E-state index in [9.17, 15) is 4.79 Å². The molecule has 0 unspecified atom stereocenters. The van der Waals surface area contributed by atoms with Crippen LogP contribution in [0.3, 0.4) is 0 Å². The lowest BCUT2D eigenvalue weighted by atomic mass is 9.92. The predicted molar refractivity (Wildman–Crippen MR) is 53.5 cm³/mol. The Labute approximate surface area is 80.5 Å². The second-order valence-corrected chi connectivity index (χ2v) is 5.35. The van der Waals surface area contributed by atoms with Gasteiger partial charge in [-0.1, -0.05) is 0 Å². The number of rotatable bonds is 0. The quantitative estimate of drug-likeness (QED) is 0.609. The van der Waals surface area contributed by atoms with Crippen LogP contribution in [0.25, 0.3) is 0 Å². The summed E-state index contributed by atoms with van der Waals surface area (Å²) in [7, 11) is 0. The third-order valence-electron chi connectivity index (χ3n) is 2.56. The monoisotopic (exact) mass is 184 g/mol. The number of amides is 1. The molecule has 13 heavy (non-hydrogen) atoms. The van der Waals surface area contributed by atoms with Crippen LogP contribution in [-0.4, -0.2) is 35.0 Å². The normalized spacial score (nSPS) is 24.2. The van der Waals surface area contributed by atoms with Gasteiger partial charge in [0.1, 0.15) is 0 Å². The van der Waals surface area contributed by atoms with Gasteiger partial charge in [0.25, 0.3) is 0 Å². The molecule has 0 aromatic carbocycles. The van der Waals surface area contributed by atoms with E-state index in [0.717, 1.165) is 6.54 Å². The first-order valence-electron chi connectivity index (χ1n) is 4.78. The van der Waals surface area contributed by atoms with E-state index in [0.29, 0.717) is 6.54 Å². The average Bonchev–Trinajstić information content (AvgIpc) is 1.92. The number of nitrogens with one attached hydrogen (secondary N) is 1. The first kappa shape index (κ1) is 10.5. The van der Waals surface area contributed by atoms with Crippen molar-refractivity contribution in [2.24, 2.45) is 0 Å². The molecule has 0 atom stereocenters. The minimum atomic E-state index is 0.0568. The van der Waals surface area contributed by atoms with E-state index in [2.05, 4.69) is 44.8 Å². The van der Waals surface area contributed by atoms with Gasteiger partial charge in [0.05, 0.1) is 6.54 Å². The van der Waals surface area contributed by atoms with Crippen molar-refractivity contribution < 1.29 is 4.79 Å². The SMILES string of the molecule is CC(C)(C)N1CC(=O)NCC1(C)C. The van der Waals surface area contributed by atoms with Gasteiger partial charge in [-0.25, -0.2) is 0 Å². The summed E-state index contributed by atoms with van der Waals surface area (Å²) >= 11 is 0. The minimum Gasteiger partial charge on any atom is -0.353 e. The highest BCUT2D eigenvalue weighted by atomic mass is 16.2. The van der Waals surface area contributed by atoms with E-state index in [4.69, 9.17) is 0 Å². The number of hydrogen-bond donors (Lipinski definition) is 1. The molecule has 0 bridgehead atoms. The van der Waals surface area contributed by atoms with Crippen molar-refractivity contribution in [2.75, 3.05) is 13.1 Å². The Morgan fingerprint density at radius 1 is 1.38 bits per heavy atom. The Hall–Kier alpha value is -0.570. The molecule has 0 aliphatic carbocycles. The molecule has 76 valence electrons. The summed E-state index contributed by atoms with van der Waals surface area (Å²) in [5.41, 5.74) is 0.118. The zero-order valence-corrected chi connectivity index (χ0v) is 9.27. The predicted octanol–water partition coefficient (Wildman–Crippen LogP) is 0.995. The first-order chi connectivity index (χ1) is 5.73. The molecular weight excluding hydrogens is 164 g/mol. The van der Waals surface area contributed by atoms with E-state index >= 15 is 0 Å². The topological polar surface area (TPSA) is 32.3 Å². The minimum absolute atomic E-state index is 0.0568. The van der Waals surface area contributed by atoms with Crippen LogP contribution in [0.5, 0.6) is 0 Å². The second-order valence-electron chi connectivity index (χ2n) is 5.35. The zero-order valence-electron chi connectivity index (χ0n) is 9.27. The van der Waals surface area contributed by atoms with Gasteiger partial charge in [0.2, 0.25) is 5.91 Å². The highest BCUT2D eigenvalue weighted by Crippen LogP contribution is 2.25. The molecule has 1 heterocycles. The van der Waals surface area contributed by atoms with E-state index in [1.807, 2.05) is 0 Å². The van der Waals surface area contributed by atoms with Gasteiger partial charge in [0, 0.05) is 17.6 Å². The largest absolute Gasteiger partial charge is 0.353 e. The van der Waals surface area contributed by atoms with Crippen LogP contribution in [0.4, 0.5) is 0 Å². The molecule has 1 saturated heterocycles. The highest BCUT2D eigenvalue weighted by molar-refractivity contribution is 5.79. The maximum absolute atomic E-state index is 11.3. The standard InChI is InChI=1S/C10H20N2O/c1-9(2,3)12-6-8(13)11-7-10(12,4)5/h6-7H2,1-5H3,(H,11,13). The third kappa shape index (κ3) is 2.21. The van der Waals surface area contributed by atoms with Crippen LogP contribution in [0.1, 0.15) is 34.6 Å². The molecule has 1 aliphatic rings. The molecule has 1 aliphatic heterocycles. The number of carbonyl (C=O) groups is 1. The van der Waals surface area contributed by atoms with Crippen molar-refractivity contribution in [3.05, 3.63) is 0 Å². The maximum Gasteiger partial charge on any atom is 0.234 e. The molecule has 3 heteroatoms. The lowest BCUT2D eigenvalue weighted by Gasteiger charge is -2.49. The summed E-state index contributed by atoms with van der Waals surface area (Å²) < 4.78 is 0. The Morgan fingerprint density at radius 2 is 1.92 bits per heavy atom. The number of carbonyl (C=O) groups excluding carboxylic acids is 1. The number of hydrogen-bond acceptors (Lipinski definition) is 2. The van der Waals surface area contributed by atoms with E-state index in [1.165, 1.54) is 0 Å².